The standard InChI is InChI=1S/C12H10F3N3O3S2/c1-23(20,21)8-3-6(12(13,14)15)2-7(4-8)18-11(22)9(5-16)10(17)19/h2-4,9H,1H3,(H2,17,19)(H,18,22). The van der Waals surface area contributed by atoms with Gasteiger partial charge in [-0.1, -0.05) is 12.2 Å². The lowest BCUT2D eigenvalue weighted by molar-refractivity contribution is -0.137. The highest BCUT2D eigenvalue weighted by Gasteiger charge is 2.32. The van der Waals surface area contributed by atoms with Gasteiger partial charge in [0.1, 0.15) is 4.99 Å². The van der Waals surface area contributed by atoms with Crippen LogP contribution in [-0.2, 0) is 20.8 Å². The van der Waals surface area contributed by atoms with Crippen molar-refractivity contribution in [2.45, 2.75) is 11.1 Å². The van der Waals surface area contributed by atoms with E-state index in [-0.39, 0.29) is 5.69 Å². The van der Waals surface area contributed by atoms with E-state index in [0.29, 0.717) is 12.1 Å². The number of sulfone groups is 1. The first kappa shape index (κ1) is 18.9. The van der Waals surface area contributed by atoms with Gasteiger partial charge in [-0.25, -0.2) is 8.42 Å². The molecule has 0 fully saturated rings. The van der Waals surface area contributed by atoms with E-state index < -0.39 is 43.3 Å². The fourth-order valence-electron chi connectivity index (χ4n) is 1.51. The number of carbonyl (C=O) groups is 1. The van der Waals surface area contributed by atoms with E-state index in [0.717, 1.165) is 12.3 Å². The van der Waals surface area contributed by atoms with E-state index in [9.17, 15) is 26.4 Å². The fourth-order valence-corrected chi connectivity index (χ4v) is 2.48. The molecular weight excluding hydrogens is 355 g/mol. The zero-order valence-electron chi connectivity index (χ0n) is 11.5. The van der Waals surface area contributed by atoms with Gasteiger partial charge >= 0.3 is 6.18 Å². The van der Waals surface area contributed by atoms with Crippen molar-refractivity contribution in [2.24, 2.45) is 11.7 Å². The van der Waals surface area contributed by atoms with Crippen LogP contribution in [0.2, 0.25) is 0 Å². The number of rotatable bonds is 4. The number of benzene rings is 1. The Hall–Kier alpha value is -2.19. The summed E-state index contributed by atoms with van der Waals surface area (Å²) in [4.78, 5) is 9.99. The first-order valence-corrected chi connectivity index (χ1v) is 8.08. The fraction of sp³-hybridized carbons (Fsp3) is 0.250. The maximum absolute atomic E-state index is 12.8. The number of nitrogens with two attached hydrogens (primary N) is 1. The third-order valence-electron chi connectivity index (χ3n) is 2.61. The Morgan fingerprint density at radius 2 is 1.96 bits per heavy atom. The number of amides is 1. The number of hydrogen-bond acceptors (Lipinski definition) is 5. The van der Waals surface area contributed by atoms with Crippen molar-refractivity contribution < 1.29 is 26.4 Å². The Bertz CT molecular complexity index is 798. The van der Waals surface area contributed by atoms with Crippen molar-refractivity contribution in [1.82, 2.24) is 0 Å². The third-order valence-corrected chi connectivity index (χ3v) is 4.04. The van der Waals surface area contributed by atoms with E-state index in [1.807, 2.05) is 0 Å². The summed E-state index contributed by atoms with van der Waals surface area (Å²) in [6.45, 7) is 0. The normalized spacial score (nSPS) is 13.0. The van der Waals surface area contributed by atoms with Crippen LogP contribution in [-0.4, -0.2) is 25.6 Å². The number of anilines is 1. The monoisotopic (exact) mass is 365 g/mol. The molecule has 0 saturated heterocycles. The van der Waals surface area contributed by atoms with Crippen LogP contribution in [0.15, 0.2) is 23.1 Å². The summed E-state index contributed by atoms with van der Waals surface area (Å²) in [6, 6.07) is 3.48. The Balaban J connectivity index is 3.35. The van der Waals surface area contributed by atoms with Crippen molar-refractivity contribution in [3.05, 3.63) is 23.8 Å². The summed E-state index contributed by atoms with van der Waals surface area (Å²) in [6.07, 6.45) is -4.05. The molecule has 0 aliphatic carbocycles. The van der Waals surface area contributed by atoms with Crippen LogP contribution in [0.4, 0.5) is 18.9 Å². The number of halogens is 3. The highest BCUT2D eigenvalue weighted by molar-refractivity contribution is 7.90. The van der Waals surface area contributed by atoms with Crippen molar-refractivity contribution in [1.29, 1.82) is 5.26 Å². The van der Waals surface area contributed by atoms with Gasteiger partial charge in [0.2, 0.25) is 5.91 Å². The van der Waals surface area contributed by atoms with Gasteiger partial charge in [-0.15, -0.1) is 0 Å². The first-order valence-electron chi connectivity index (χ1n) is 5.78. The van der Waals surface area contributed by atoms with E-state index in [1.165, 1.54) is 6.07 Å². The maximum Gasteiger partial charge on any atom is 0.416 e. The number of hydrogen-bond donors (Lipinski definition) is 2. The van der Waals surface area contributed by atoms with Gasteiger partial charge in [0.15, 0.2) is 15.8 Å². The minimum atomic E-state index is -4.79. The molecule has 0 aliphatic rings. The van der Waals surface area contributed by atoms with Crippen molar-refractivity contribution >= 4 is 38.6 Å². The second kappa shape index (κ2) is 6.51. The number of thiocarbonyl (C=S) groups is 1. The highest BCUT2D eigenvalue weighted by Crippen LogP contribution is 2.33. The van der Waals surface area contributed by atoms with Crippen molar-refractivity contribution in [3.63, 3.8) is 0 Å². The lowest BCUT2D eigenvalue weighted by Crippen LogP contribution is -2.32. The van der Waals surface area contributed by atoms with E-state index in [2.05, 4.69) is 5.32 Å². The minimum Gasteiger partial charge on any atom is -0.368 e. The van der Waals surface area contributed by atoms with Crippen LogP contribution in [0.1, 0.15) is 5.56 Å². The Morgan fingerprint density at radius 1 is 1.39 bits per heavy atom. The largest absolute Gasteiger partial charge is 0.416 e. The van der Waals surface area contributed by atoms with E-state index in [1.54, 1.807) is 0 Å². The molecule has 0 aliphatic heterocycles. The molecular formula is C12H10F3N3O3S2. The Kier molecular flexibility index (Phi) is 5.34. The van der Waals surface area contributed by atoms with Crippen LogP contribution in [0.3, 0.4) is 0 Å². The van der Waals surface area contributed by atoms with Crippen LogP contribution in [0.25, 0.3) is 0 Å². The summed E-state index contributed by atoms with van der Waals surface area (Å²) >= 11 is 4.74. The molecule has 0 heterocycles. The zero-order chi connectivity index (χ0) is 18.0. The third kappa shape index (κ3) is 4.90. The van der Waals surface area contributed by atoms with Crippen molar-refractivity contribution in [2.75, 3.05) is 11.6 Å². The summed E-state index contributed by atoms with van der Waals surface area (Å²) in [5.74, 6) is -2.64. The quantitative estimate of drug-likeness (QED) is 0.782. The topological polar surface area (TPSA) is 113 Å². The average Bonchev–Trinajstić information content (AvgIpc) is 2.36. The molecule has 0 spiro atoms. The summed E-state index contributed by atoms with van der Waals surface area (Å²) in [5, 5.41) is 11.0. The zero-order valence-corrected chi connectivity index (χ0v) is 13.1. The maximum atomic E-state index is 12.8. The second-order valence-electron chi connectivity index (χ2n) is 4.47. The number of carbonyl (C=O) groups excluding carboxylic acids is 1. The molecule has 6 nitrogen and oxygen atoms in total. The smallest absolute Gasteiger partial charge is 0.368 e. The molecule has 11 heteroatoms. The molecule has 23 heavy (non-hydrogen) atoms. The van der Waals surface area contributed by atoms with Gasteiger partial charge in [-0.3, -0.25) is 4.79 Å². The van der Waals surface area contributed by atoms with E-state index >= 15 is 0 Å². The number of nitriles is 1. The van der Waals surface area contributed by atoms with Gasteiger partial charge in [0, 0.05) is 11.9 Å². The molecule has 124 valence electrons. The molecule has 1 aromatic rings. The molecule has 0 aromatic heterocycles. The van der Waals surface area contributed by atoms with Crippen LogP contribution in [0.5, 0.6) is 0 Å². The minimum absolute atomic E-state index is 0.327. The molecule has 0 radical (unpaired) electrons. The molecule has 3 N–H and O–H groups in total. The predicted octanol–water partition coefficient (Wildman–Crippen LogP) is 1.47. The van der Waals surface area contributed by atoms with Crippen LogP contribution in [0, 0.1) is 17.2 Å². The Labute approximate surface area is 135 Å². The van der Waals surface area contributed by atoms with Gasteiger partial charge in [0.05, 0.1) is 16.5 Å². The lowest BCUT2D eigenvalue weighted by Gasteiger charge is -2.14. The van der Waals surface area contributed by atoms with Gasteiger partial charge in [-0.05, 0) is 18.2 Å². The van der Waals surface area contributed by atoms with Crippen molar-refractivity contribution in [3.8, 4) is 6.07 Å². The molecule has 1 rings (SSSR count). The summed E-state index contributed by atoms with van der Waals surface area (Å²) in [5.41, 5.74) is 3.38. The lowest BCUT2D eigenvalue weighted by atomic mass is 10.1. The average molecular weight is 365 g/mol. The molecule has 1 atom stereocenters. The summed E-state index contributed by atoms with van der Waals surface area (Å²) < 4.78 is 61.5. The molecule has 0 saturated carbocycles. The molecule has 0 bridgehead atoms. The second-order valence-corrected chi connectivity index (χ2v) is 6.93. The van der Waals surface area contributed by atoms with Gasteiger partial charge in [0.25, 0.3) is 0 Å². The molecule has 1 aromatic carbocycles. The van der Waals surface area contributed by atoms with E-state index in [4.69, 9.17) is 23.2 Å². The highest BCUT2D eigenvalue weighted by atomic mass is 32.2. The molecule has 1 amide bonds. The summed E-state index contributed by atoms with van der Waals surface area (Å²) in [7, 11) is -3.93. The number of nitrogens with zero attached hydrogens (tertiary/aromatic N) is 1. The number of nitrogens with one attached hydrogen (secondary N) is 1. The van der Waals surface area contributed by atoms with Gasteiger partial charge < -0.3 is 11.1 Å². The Morgan fingerprint density at radius 3 is 2.35 bits per heavy atom. The number of primary amides is 1. The van der Waals surface area contributed by atoms with Crippen LogP contribution >= 0.6 is 12.2 Å². The number of alkyl halides is 3. The first-order chi connectivity index (χ1) is 10.4. The molecule has 1 unspecified atom stereocenters. The predicted molar refractivity (Wildman–Crippen MR) is 79.1 cm³/mol. The van der Waals surface area contributed by atoms with Gasteiger partial charge in [-0.2, -0.15) is 18.4 Å². The SMILES string of the molecule is CS(=O)(=O)c1cc(NC(=S)C(C#N)C(N)=O)cc(C(F)(F)F)c1. The van der Waals surface area contributed by atoms with Crippen LogP contribution < -0.4 is 11.1 Å².